The Morgan fingerprint density at radius 1 is 1.00 bits per heavy atom. The molecule has 154 valence electrons. The molecule has 0 unspecified atom stereocenters. The zero-order valence-electron chi connectivity index (χ0n) is 15.9. The Bertz CT molecular complexity index is 1140. The molecule has 0 radical (unpaired) electrons. The minimum absolute atomic E-state index is 0.0437. The van der Waals surface area contributed by atoms with E-state index in [0.717, 1.165) is 11.8 Å². The lowest BCUT2D eigenvalue weighted by Gasteiger charge is -2.09. The summed E-state index contributed by atoms with van der Waals surface area (Å²) in [6, 6.07) is 12.6. The van der Waals surface area contributed by atoms with Gasteiger partial charge >= 0.3 is 0 Å². The molecule has 2 amide bonds. The summed E-state index contributed by atoms with van der Waals surface area (Å²) >= 11 is 0.957. The Kier molecular flexibility index (Phi) is 6.91. The fourth-order valence-electron chi connectivity index (χ4n) is 2.48. The molecule has 1 heterocycles. The van der Waals surface area contributed by atoms with Gasteiger partial charge in [0.2, 0.25) is 11.8 Å². The van der Waals surface area contributed by atoms with Gasteiger partial charge in [0.25, 0.3) is 5.56 Å². The molecule has 3 N–H and O–H groups in total. The van der Waals surface area contributed by atoms with Crippen molar-refractivity contribution in [3.8, 4) is 11.3 Å². The first-order chi connectivity index (χ1) is 14.5. The fourth-order valence-corrected chi connectivity index (χ4v) is 3.09. The first-order valence-electron chi connectivity index (χ1n) is 9.01. The van der Waals surface area contributed by atoms with E-state index in [0.29, 0.717) is 17.7 Å². The molecule has 0 atom stereocenters. The topological polar surface area (TPSA) is 117 Å². The highest BCUT2D eigenvalue weighted by Gasteiger charge is 2.14. The predicted octanol–water partition coefficient (Wildman–Crippen LogP) is 3.05. The van der Waals surface area contributed by atoms with Crippen LogP contribution in [-0.2, 0) is 9.59 Å². The molecule has 3 rings (SSSR count). The van der Waals surface area contributed by atoms with Crippen LogP contribution in [0, 0.1) is 5.82 Å². The molecule has 1 aromatic heterocycles. The lowest BCUT2D eigenvalue weighted by molar-refractivity contribution is -0.116. The van der Waals surface area contributed by atoms with Crippen LogP contribution in [-0.4, -0.2) is 32.7 Å². The number of anilines is 2. The number of halogens is 1. The fraction of sp³-hybridized carbons (Fsp3) is 0.150. The Labute approximate surface area is 175 Å². The monoisotopic (exact) mass is 427 g/mol. The highest BCUT2D eigenvalue weighted by Crippen LogP contribution is 2.24. The normalized spacial score (nSPS) is 10.5. The summed E-state index contributed by atoms with van der Waals surface area (Å²) in [5.74, 6) is -1.28. The number of nitrogens with zero attached hydrogens (tertiary/aromatic N) is 2. The second-order valence-electron chi connectivity index (χ2n) is 6.07. The van der Waals surface area contributed by atoms with Crippen LogP contribution in [0.1, 0.15) is 13.3 Å². The predicted molar refractivity (Wildman–Crippen MR) is 113 cm³/mol. The number of nitrogens with one attached hydrogen (secondary N) is 3. The number of carbonyl (C=O) groups is 2. The van der Waals surface area contributed by atoms with Crippen LogP contribution in [0.3, 0.4) is 0 Å². The van der Waals surface area contributed by atoms with Crippen LogP contribution < -0.4 is 16.2 Å². The second kappa shape index (κ2) is 9.79. The van der Waals surface area contributed by atoms with Crippen LogP contribution >= 0.6 is 11.8 Å². The molecule has 10 heteroatoms. The van der Waals surface area contributed by atoms with Crippen molar-refractivity contribution < 1.29 is 14.0 Å². The number of para-hydroxylation sites is 2. The Morgan fingerprint density at radius 3 is 2.37 bits per heavy atom. The molecule has 0 aliphatic rings. The molecule has 0 saturated carbocycles. The van der Waals surface area contributed by atoms with Crippen molar-refractivity contribution >= 4 is 35.0 Å². The molecule has 0 aliphatic carbocycles. The van der Waals surface area contributed by atoms with E-state index >= 15 is 0 Å². The molecule has 0 spiro atoms. The zero-order chi connectivity index (χ0) is 21.5. The van der Waals surface area contributed by atoms with Crippen LogP contribution in [0.15, 0.2) is 58.5 Å². The third kappa shape index (κ3) is 5.29. The number of carbonyl (C=O) groups excluding carboxylic acids is 2. The average molecular weight is 427 g/mol. The van der Waals surface area contributed by atoms with Gasteiger partial charge in [0.05, 0.1) is 17.1 Å². The van der Waals surface area contributed by atoms with Crippen LogP contribution in [0.25, 0.3) is 11.3 Å². The summed E-state index contributed by atoms with van der Waals surface area (Å²) in [5, 5.41) is 13.2. The SMILES string of the molecule is CCC(=O)Nc1ccccc1-c1nnc(SCC(=O)Nc2ccccc2F)[nH]c1=O. The molecule has 0 bridgehead atoms. The van der Waals surface area contributed by atoms with E-state index in [2.05, 4.69) is 25.8 Å². The van der Waals surface area contributed by atoms with Crippen LogP contribution in [0.2, 0.25) is 0 Å². The molecular weight excluding hydrogens is 409 g/mol. The molecule has 0 aliphatic heterocycles. The maximum atomic E-state index is 13.6. The summed E-state index contributed by atoms with van der Waals surface area (Å²) in [6.45, 7) is 1.72. The van der Waals surface area contributed by atoms with E-state index in [9.17, 15) is 18.8 Å². The van der Waals surface area contributed by atoms with Crippen molar-refractivity contribution in [2.45, 2.75) is 18.5 Å². The van der Waals surface area contributed by atoms with Crippen LogP contribution in [0.5, 0.6) is 0 Å². The number of H-pyrrole nitrogens is 1. The van der Waals surface area contributed by atoms with Crippen molar-refractivity contribution in [2.75, 3.05) is 16.4 Å². The largest absolute Gasteiger partial charge is 0.325 e. The minimum Gasteiger partial charge on any atom is -0.325 e. The highest BCUT2D eigenvalue weighted by molar-refractivity contribution is 7.99. The maximum Gasteiger partial charge on any atom is 0.278 e. The van der Waals surface area contributed by atoms with E-state index < -0.39 is 17.3 Å². The Balaban J connectivity index is 1.70. The smallest absolute Gasteiger partial charge is 0.278 e. The van der Waals surface area contributed by atoms with Crippen molar-refractivity contribution in [1.82, 2.24) is 15.2 Å². The van der Waals surface area contributed by atoms with Crippen molar-refractivity contribution in [2.24, 2.45) is 0 Å². The van der Waals surface area contributed by atoms with Gasteiger partial charge in [-0.3, -0.25) is 19.4 Å². The van der Waals surface area contributed by atoms with Gasteiger partial charge in [-0.25, -0.2) is 4.39 Å². The molecule has 0 fully saturated rings. The summed E-state index contributed by atoms with van der Waals surface area (Å²) in [6.07, 6.45) is 0.293. The molecule has 8 nitrogen and oxygen atoms in total. The third-order valence-corrected chi connectivity index (χ3v) is 4.81. The highest BCUT2D eigenvalue weighted by atomic mass is 32.2. The number of aromatic amines is 1. The molecule has 0 saturated heterocycles. The lowest BCUT2D eigenvalue weighted by Crippen LogP contribution is -2.18. The van der Waals surface area contributed by atoms with E-state index in [1.54, 1.807) is 37.3 Å². The lowest BCUT2D eigenvalue weighted by atomic mass is 10.1. The molecular formula is C20H18FN5O3S. The van der Waals surface area contributed by atoms with Gasteiger partial charge in [-0.15, -0.1) is 10.2 Å². The van der Waals surface area contributed by atoms with E-state index in [1.807, 2.05) is 0 Å². The second-order valence-corrected chi connectivity index (χ2v) is 7.04. The Morgan fingerprint density at radius 2 is 1.67 bits per heavy atom. The molecule has 2 aromatic carbocycles. The van der Waals surface area contributed by atoms with E-state index in [-0.39, 0.29) is 28.2 Å². The van der Waals surface area contributed by atoms with Gasteiger partial charge in [-0.05, 0) is 18.2 Å². The van der Waals surface area contributed by atoms with Crippen LogP contribution in [0.4, 0.5) is 15.8 Å². The number of amides is 2. The number of benzene rings is 2. The number of hydrogen-bond donors (Lipinski definition) is 3. The quantitative estimate of drug-likeness (QED) is 0.499. The average Bonchev–Trinajstić information content (AvgIpc) is 2.74. The number of hydrogen-bond acceptors (Lipinski definition) is 6. The van der Waals surface area contributed by atoms with Gasteiger partial charge in [0.15, 0.2) is 10.9 Å². The van der Waals surface area contributed by atoms with Gasteiger partial charge in [0.1, 0.15) is 5.82 Å². The van der Waals surface area contributed by atoms with Gasteiger partial charge < -0.3 is 10.6 Å². The summed E-state index contributed by atoms with van der Waals surface area (Å²) < 4.78 is 13.6. The summed E-state index contributed by atoms with van der Waals surface area (Å²) in [5.41, 5.74) is 0.488. The van der Waals surface area contributed by atoms with E-state index in [4.69, 9.17) is 0 Å². The van der Waals surface area contributed by atoms with Gasteiger partial charge in [0, 0.05) is 12.0 Å². The maximum absolute atomic E-state index is 13.6. The van der Waals surface area contributed by atoms with Crippen molar-refractivity contribution in [3.63, 3.8) is 0 Å². The zero-order valence-corrected chi connectivity index (χ0v) is 16.8. The minimum atomic E-state index is -0.540. The number of aromatic nitrogens is 3. The first-order valence-corrected chi connectivity index (χ1v) is 10.00. The third-order valence-electron chi connectivity index (χ3n) is 3.94. The summed E-state index contributed by atoms with van der Waals surface area (Å²) in [4.78, 5) is 38.8. The van der Waals surface area contributed by atoms with Crippen molar-refractivity contribution in [3.05, 3.63) is 64.7 Å². The first kappa shape index (κ1) is 21.2. The number of thioether (sulfide) groups is 1. The standard InChI is InChI=1S/C20H18FN5O3S/c1-2-16(27)22-14-9-5-3-7-12(14)18-19(29)24-20(26-25-18)30-11-17(28)23-15-10-6-4-8-13(15)21/h3-10H,2,11H2,1H3,(H,22,27)(H,23,28)(H,24,26,29). The molecule has 3 aromatic rings. The van der Waals surface area contributed by atoms with E-state index in [1.165, 1.54) is 18.2 Å². The van der Waals surface area contributed by atoms with Gasteiger partial charge in [-0.2, -0.15) is 0 Å². The Hall–Kier alpha value is -3.53. The van der Waals surface area contributed by atoms with Crippen molar-refractivity contribution in [1.29, 1.82) is 0 Å². The van der Waals surface area contributed by atoms with Gasteiger partial charge in [-0.1, -0.05) is 49.0 Å². The number of rotatable bonds is 7. The summed E-state index contributed by atoms with van der Waals surface area (Å²) in [7, 11) is 0. The molecule has 30 heavy (non-hydrogen) atoms.